The van der Waals surface area contributed by atoms with E-state index in [-0.39, 0.29) is 66.4 Å². The van der Waals surface area contributed by atoms with Crippen molar-refractivity contribution in [2.24, 2.45) is 0 Å². The second-order valence-corrected chi connectivity index (χ2v) is 12.2. The molecule has 49 heavy (non-hydrogen) atoms. The first kappa shape index (κ1) is 19.6. The van der Waals surface area contributed by atoms with E-state index in [2.05, 4.69) is 0 Å². The highest BCUT2D eigenvalue weighted by Crippen LogP contribution is 2.41. The van der Waals surface area contributed by atoms with Gasteiger partial charge in [0.15, 0.2) is 17.5 Å². The Bertz CT molecular complexity index is 3180. The number of aromatic nitrogens is 3. The van der Waals surface area contributed by atoms with Crippen LogP contribution in [0.5, 0.6) is 0 Å². The van der Waals surface area contributed by atoms with E-state index in [0.29, 0.717) is 11.1 Å². The van der Waals surface area contributed by atoms with Gasteiger partial charge in [-0.1, -0.05) is 158 Å². The van der Waals surface area contributed by atoms with Gasteiger partial charge in [-0.3, -0.25) is 0 Å². The van der Waals surface area contributed by atoms with Gasteiger partial charge in [0, 0.05) is 36.9 Å². The first-order chi connectivity index (χ1) is 28.8. The van der Waals surface area contributed by atoms with E-state index in [1.165, 1.54) is 0 Å². The van der Waals surface area contributed by atoms with Gasteiger partial charge >= 0.3 is 0 Å². The Hall–Kier alpha value is -6.23. The van der Waals surface area contributed by atoms with Crippen molar-refractivity contribution in [1.29, 1.82) is 0 Å². The molecular formula is C45H29N3S. The molecule has 0 spiro atoms. The number of hydrogen-bond donors (Lipinski definition) is 0. The number of fused-ring (bicyclic) bond motifs is 3. The molecule has 2 heterocycles. The van der Waals surface area contributed by atoms with E-state index < -0.39 is 54.4 Å². The summed E-state index contributed by atoms with van der Waals surface area (Å²) in [7, 11) is 0. The minimum Gasteiger partial charge on any atom is -0.208 e. The molecule has 230 valence electrons. The van der Waals surface area contributed by atoms with Gasteiger partial charge in [0.25, 0.3) is 0 Å². The molecule has 0 amide bonds. The molecular weight excluding hydrogens is 615 g/mol. The molecule has 0 aliphatic carbocycles. The molecule has 0 N–H and O–H groups in total. The zero-order chi connectivity index (χ0) is 42.1. The molecule has 0 fully saturated rings. The third-order valence-corrected chi connectivity index (χ3v) is 9.18. The largest absolute Gasteiger partial charge is 0.208 e. The van der Waals surface area contributed by atoms with Crippen molar-refractivity contribution < 1.29 is 15.1 Å². The van der Waals surface area contributed by atoms with Gasteiger partial charge in [0.1, 0.15) is 0 Å². The lowest BCUT2D eigenvalue weighted by molar-refractivity contribution is 1.07. The van der Waals surface area contributed by atoms with E-state index in [9.17, 15) is 4.11 Å². The van der Waals surface area contributed by atoms with E-state index >= 15 is 0 Å². The third-order valence-electron chi connectivity index (χ3n) is 8.16. The van der Waals surface area contributed by atoms with E-state index in [1.807, 2.05) is 109 Å². The van der Waals surface area contributed by atoms with Crippen molar-refractivity contribution in [3.63, 3.8) is 0 Å². The van der Waals surface area contributed by atoms with Crippen molar-refractivity contribution in [2.45, 2.75) is 0 Å². The summed E-state index contributed by atoms with van der Waals surface area (Å²) in [6, 6.07) is 29.2. The highest BCUT2D eigenvalue weighted by atomic mass is 32.1. The summed E-state index contributed by atoms with van der Waals surface area (Å²) >= 11 is 0.896. The monoisotopic (exact) mass is 654 g/mol. The quantitative estimate of drug-likeness (QED) is 0.179. The zero-order valence-corrected chi connectivity index (χ0v) is 26.5. The Morgan fingerprint density at radius 2 is 1.00 bits per heavy atom. The van der Waals surface area contributed by atoms with Crippen LogP contribution >= 0.6 is 11.3 Å². The van der Waals surface area contributed by atoms with Gasteiger partial charge < -0.3 is 0 Å². The smallest absolute Gasteiger partial charge is 0.164 e. The molecule has 7 aromatic carbocycles. The van der Waals surface area contributed by atoms with E-state index in [1.54, 1.807) is 0 Å². The molecule has 0 bridgehead atoms. The lowest BCUT2D eigenvalue weighted by Gasteiger charge is -2.10. The fourth-order valence-corrected chi connectivity index (χ4v) is 6.80. The van der Waals surface area contributed by atoms with Crippen LogP contribution < -0.4 is 0 Å². The molecule has 0 atom stereocenters. The number of benzene rings is 7. The molecule has 2 aromatic heterocycles. The third kappa shape index (κ3) is 5.58. The SMILES string of the molecule is [2H]c1c([2H])c([2H])c(-c2c([2H])c([2H])c([2H])c3sc4c([2H])c(-c5nc(-c6ccc(-c7ccccc7)cc6)nc(-c6cccc(-c7ccccc7)c6)n5)c([2H])c([2H])c4c23)c([2H])c1[2H]. The molecule has 0 radical (unpaired) electrons. The summed E-state index contributed by atoms with van der Waals surface area (Å²) < 4.78 is 97.2. The van der Waals surface area contributed by atoms with E-state index in [4.69, 9.17) is 25.9 Å². The van der Waals surface area contributed by atoms with Crippen LogP contribution in [-0.4, -0.2) is 15.0 Å². The molecule has 0 unspecified atom stereocenters. The van der Waals surface area contributed by atoms with Crippen LogP contribution in [-0.2, 0) is 0 Å². The minimum absolute atomic E-state index is 0.00802. The van der Waals surface area contributed by atoms with Gasteiger partial charge in [0.2, 0.25) is 0 Å². The van der Waals surface area contributed by atoms with E-state index in [0.717, 1.165) is 33.6 Å². The summed E-state index contributed by atoms with van der Waals surface area (Å²) in [4.78, 5) is 14.6. The molecule has 0 saturated heterocycles. The number of rotatable bonds is 6. The lowest BCUT2D eigenvalue weighted by Crippen LogP contribution is -2.00. The van der Waals surface area contributed by atoms with Crippen molar-refractivity contribution in [3.8, 4) is 67.5 Å². The van der Waals surface area contributed by atoms with Crippen molar-refractivity contribution in [2.75, 3.05) is 0 Å². The fraction of sp³-hybridized carbons (Fsp3) is 0. The highest BCUT2D eigenvalue weighted by Gasteiger charge is 2.16. The first-order valence-electron chi connectivity index (χ1n) is 21.0. The molecule has 0 aliphatic heterocycles. The fourth-order valence-electron chi connectivity index (χ4n) is 5.78. The topological polar surface area (TPSA) is 38.7 Å². The van der Waals surface area contributed by atoms with Crippen LogP contribution in [0, 0.1) is 0 Å². The average molecular weight is 655 g/mol. The maximum Gasteiger partial charge on any atom is 0.164 e. The average Bonchev–Trinajstić information content (AvgIpc) is 3.69. The van der Waals surface area contributed by atoms with Gasteiger partial charge in [-0.25, -0.2) is 15.0 Å². The number of hydrogen-bond acceptors (Lipinski definition) is 4. The summed E-state index contributed by atoms with van der Waals surface area (Å²) in [5.41, 5.74) is 4.48. The van der Waals surface area contributed by atoms with Crippen LogP contribution in [0.4, 0.5) is 0 Å². The Labute approximate surface area is 304 Å². The lowest BCUT2D eigenvalue weighted by atomic mass is 9.99. The number of thiophene rings is 1. The Kier molecular flexibility index (Phi) is 4.96. The van der Waals surface area contributed by atoms with Gasteiger partial charge in [0.05, 0.1) is 15.1 Å². The second kappa shape index (κ2) is 12.4. The predicted molar refractivity (Wildman–Crippen MR) is 205 cm³/mol. The van der Waals surface area contributed by atoms with Gasteiger partial charge in [-0.15, -0.1) is 11.3 Å². The molecule has 9 aromatic rings. The van der Waals surface area contributed by atoms with Crippen LogP contribution in [0.1, 0.15) is 15.1 Å². The Morgan fingerprint density at radius 1 is 0.408 bits per heavy atom. The van der Waals surface area contributed by atoms with Gasteiger partial charge in [-0.2, -0.15) is 0 Å². The minimum atomic E-state index is -0.652. The Morgan fingerprint density at radius 3 is 1.73 bits per heavy atom. The molecule has 4 heteroatoms. The van der Waals surface area contributed by atoms with Crippen LogP contribution in [0.15, 0.2) is 176 Å². The number of nitrogens with zero attached hydrogens (tertiary/aromatic N) is 3. The van der Waals surface area contributed by atoms with Crippen molar-refractivity contribution in [3.05, 3.63) is 176 Å². The summed E-state index contributed by atoms with van der Waals surface area (Å²) in [5, 5.41) is -0.0227. The summed E-state index contributed by atoms with van der Waals surface area (Å²) in [6.07, 6.45) is 0. The maximum atomic E-state index is 9.59. The van der Waals surface area contributed by atoms with Gasteiger partial charge in [-0.05, 0) is 51.5 Å². The summed E-state index contributed by atoms with van der Waals surface area (Å²) in [5.74, 6) is 0.474. The first-order valence-corrected chi connectivity index (χ1v) is 16.3. The highest BCUT2D eigenvalue weighted by molar-refractivity contribution is 7.26. The second-order valence-electron chi connectivity index (χ2n) is 11.2. The van der Waals surface area contributed by atoms with Crippen molar-refractivity contribution in [1.82, 2.24) is 15.0 Å². The Balaban J connectivity index is 1.31. The summed E-state index contributed by atoms with van der Waals surface area (Å²) in [6.45, 7) is 0. The molecule has 9 rings (SSSR count). The van der Waals surface area contributed by atoms with Crippen LogP contribution in [0.25, 0.3) is 87.7 Å². The molecule has 3 nitrogen and oxygen atoms in total. The van der Waals surface area contributed by atoms with Crippen LogP contribution in [0.2, 0.25) is 0 Å². The molecule has 0 saturated carbocycles. The standard InChI is InChI=1S/C45H29N3S/c1-4-12-30(13-5-1)32-22-24-34(25-23-32)43-46-44(36-19-10-18-35(28-36)31-14-6-2-7-15-31)48-45(47-43)37-26-27-39-41(29-37)49-40-21-11-20-38(42(39)40)33-16-8-3-9-17-33/h1-29H/i3D,8D,9D,11D,16D,17D,20D,21D,26D,27D,29D. The normalized spacial score (nSPS) is 14.4. The maximum absolute atomic E-state index is 9.59. The van der Waals surface area contributed by atoms with Crippen LogP contribution in [0.3, 0.4) is 0 Å². The van der Waals surface area contributed by atoms with Crippen molar-refractivity contribution >= 4 is 31.5 Å². The predicted octanol–water partition coefficient (Wildman–Crippen LogP) is 12.2. The zero-order valence-electron chi connectivity index (χ0n) is 36.6. The molecule has 0 aliphatic rings.